The molecule has 1 aliphatic rings. The van der Waals surface area contributed by atoms with Crippen molar-refractivity contribution in [2.75, 3.05) is 5.32 Å². The molecule has 2 aromatic carbocycles. The van der Waals surface area contributed by atoms with Gasteiger partial charge in [0, 0.05) is 11.6 Å². The number of benzene rings is 2. The van der Waals surface area contributed by atoms with Crippen molar-refractivity contribution in [1.29, 1.82) is 0 Å². The molecule has 3 aromatic rings. The summed E-state index contributed by atoms with van der Waals surface area (Å²) < 4.78 is 40.6. The Hall–Kier alpha value is -3.09. The highest BCUT2D eigenvalue weighted by Crippen LogP contribution is 2.43. The van der Waals surface area contributed by atoms with Gasteiger partial charge in [0.15, 0.2) is 0 Å². The highest BCUT2D eigenvalue weighted by atomic mass is 19.4. The van der Waals surface area contributed by atoms with Gasteiger partial charge < -0.3 is 5.32 Å². The van der Waals surface area contributed by atoms with Crippen molar-refractivity contribution >= 4 is 11.6 Å². The van der Waals surface area contributed by atoms with Crippen molar-refractivity contribution in [3.8, 4) is 5.69 Å². The molecule has 1 aromatic heterocycles. The fraction of sp³-hybridized carbons (Fsp3) is 0.200. The molecular weight excluding hydrogens is 355 g/mol. The Kier molecular flexibility index (Phi) is 4.22. The Morgan fingerprint density at radius 1 is 1.07 bits per heavy atom. The zero-order chi connectivity index (χ0) is 19.0. The monoisotopic (exact) mass is 371 g/mol. The van der Waals surface area contributed by atoms with Crippen molar-refractivity contribution in [1.82, 2.24) is 9.78 Å². The standard InChI is InChI=1S/C20H16F3N3O/c21-20(22,23)14-5-4-8-16(11-14)26-18(13-9-10-13)17(12-24-26)19(27)25-15-6-2-1-3-7-15/h1-8,11-13H,9-10H2,(H,25,27). The molecule has 1 N–H and O–H groups in total. The van der Waals surface area contributed by atoms with Crippen LogP contribution in [0.3, 0.4) is 0 Å². The summed E-state index contributed by atoms with van der Waals surface area (Å²) in [6.07, 6.45) is -1.24. The van der Waals surface area contributed by atoms with Crippen molar-refractivity contribution in [2.45, 2.75) is 24.9 Å². The molecule has 0 saturated heterocycles. The van der Waals surface area contributed by atoms with Gasteiger partial charge in [0.25, 0.3) is 5.91 Å². The van der Waals surface area contributed by atoms with Crippen LogP contribution in [0.4, 0.5) is 18.9 Å². The van der Waals surface area contributed by atoms with E-state index in [2.05, 4.69) is 10.4 Å². The van der Waals surface area contributed by atoms with Crippen molar-refractivity contribution in [2.24, 2.45) is 0 Å². The number of alkyl halides is 3. The largest absolute Gasteiger partial charge is 0.416 e. The fourth-order valence-corrected chi connectivity index (χ4v) is 3.02. The van der Waals surface area contributed by atoms with Crippen LogP contribution in [0.5, 0.6) is 0 Å². The van der Waals surface area contributed by atoms with Gasteiger partial charge >= 0.3 is 6.18 Å². The fourth-order valence-electron chi connectivity index (χ4n) is 3.02. The molecule has 0 bridgehead atoms. The SMILES string of the molecule is O=C(Nc1ccccc1)c1cnn(-c2cccc(C(F)(F)F)c2)c1C1CC1. The molecule has 0 radical (unpaired) electrons. The van der Waals surface area contributed by atoms with Crippen LogP contribution in [-0.4, -0.2) is 15.7 Å². The summed E-state index contributed by atoms with van der Waals surface area (Å²) >= 11 is 0. The summed E-state index contributed by atoms with van der Waals surface area (Å²) in [5.41, 5.74) is 1.25. The maximum absolute atomic E-state index is 13.0. The summed E-state index contributed by atoms with van der Waals surface area (Å²) in [6, 6.07) is 14.0. The van der Waals surface area contributed by atoms with Crippen LogP contribution in [0.2, 0.25) is 0 Å². The number of hydrogen-bond acceptors (Lipinski definition) is 2. The lowest BCUT2D eigenvalue weighted by Gasteiger charge is -2.12. The lowest BCUT2D eigenvalue weighted by molar-refractivity contribution is -0.137. The summed E-state index contributed by atoms with van der Waals surface area (Å²) in [7, 11) is 0. The first kappa shape index (κ1) is 17.3. The summed E-state index contributed by atoms with van der Waals surface area (Å²) in [5.74, 6) is -0.195. The zero-order valence-corrected chi connectivity index (χ0v) is 14.2. The molecule has 1 heterocycles. The minimum Gasteiger partial charge on any atom is -0.322 e. The van der Waals surface area contributed by atoms with E-state index in [9.17, 15) is 18.0 Å². The minimum absolute atomic E-state index is 0.124. The molecule has 0 spiro atoms. The van der Waals surface area contributed by atoms with Crippen LogP contribution in [0.1, 0.15) is 40.4 Å². The van der Waals surface area contributed by atoms with Gasteiger partial charge in [-0.25, -0.2) is 4.68 Å². The van der Waals surface area contributed by atoms with E-state index in [1.54, 1.807) is 18.2 Å². The molecular formula is C20H16F3N3O. The highest BCUT2D eigenvalue weighted by Gasteiger charge is 2.34. The molecule has 0 aliphatic heterocycles. The number of rotatable bonds is 4. The van der Waals surface area contributed by atoms with Crippen molar-refractivity contribution in [3.63, 3.8) is 0 Å². The Morgan fingerprint density at radius 2 is 1.81 bits per heavy atom. The third kappa shape index (κ3) is 3.58. The number of hydrogen-bond donors (Lipinski definition) is 1. The highest BCUT2D eigenvalue weighted by molar-refractivity contribution is 6.05. The third-order valence-corrected chi connectivity index (χ3v) is 4.46. The number of nitrogens with one attached hydrogen (secondary N) is 1. The van der Waals surface area contributed by atoms with E-state index in [1.807, 2.05) is 18.2 Å². The van der Waals surface area contributed by atoms with Gasteiger partial charge in [0.05, 0.1) is 28.7 Å². The number of carbonyl (C=O) groups is 1. The molecule has 1 aliphatic carbocycles. The Bertz CT molecular complexity index is 976. The molecule has 4 rings (SSSR count). The van der Waals surface area contributed by atoms with Gasteiger partial charge in [-0.3, -0.25) is 4.79 Å². The topological polar surface area (TPSA) is 46.9 Å². The van der Waals surface area contributed by atoms with Crippen LogP contribution < -0.4 is 5.32 Å². The Balaban J connectivity index is 1.71. The summed E-state index contributed by atoms with van der Waals surface area (Å²) in [6.45, 7) is 0. The number of halogens is 3. The van der Waals surface area contributed by atoms with Crippen molar-refractivity contribution < 1.29 is 18.0 Å². The van der Waals surface area contributed by atoms with Gasteiger partial charge in [-0.1, -0.05) is 24.3 Å². The van der Waals surface area contributed by atoms with E-state index in [1.165, 1.54) is 16.9 Å². The van der Waals surface area contributed by atoms with Crippen LogP contribution in [0, 0.1) is 0 Å². The van der Waals surface area contributed by atoms with E-state index >= 15 is 0 Å². The molecule has 1 fully saturated rings. The summed E-state index contributed by atoms with van der Waals surface area (Å²) in [4.78, 5) is 12.7. The molecule has 0 atom stereocenters. The van der Waals surface area contributed by atoms with Gasteiger partial charge in [-0.05, 0) is 43.2 Å². The second-order valence-electron chi connectivity index (χ2n) is 6.50. The van der Waals surface area contributed by atoms with E-state index in [0.717, 1.165) is 25.0 Å². The lowest BCUT2D eigenvalue weighted by atomic mass is 10.1. The molecule has 0 unspecified atom stereocenters. The molecule has 1 amide bonds. The van der Waals surface area contributed by atoms with E-state index in [-0.39, 0.29) is 11.8 Å². The predicted octanol–water partition coefficient (Wildman–Crippen LogP) is 5.02. The van der Waals surface area contributed by atoms with Gasteiger partial charge in [0.1, 0.15) is 0 Å². The molecule has 138 valence electrons. The van der Waals surface area contributed by atoms with Gasteiger partial charge in [0.2, 0.25) is 0 Å². The average Bonchev–Trinajstić information content (AvgIpc) is 3.39. The number of nitrogens with zero attached hydrogens (tertiary/aromatic N) is 2. The summed E-state index contributed by atoms with van der Waals surface area (Å²) in [5, 5.41) is 7.03. The molecule has 1 saturated carbocycles. The first-order valence-corrected chi connectivity index (χ1v) is 8.55. The second-order valence-corrected chi connectivity index (χ2v) is 6.50. The molecule has 27 heavy (non-hydrogen) atoms. The number of carbonyl (C=O) groups excluding carboxylic acids is 1. The number of anilines is 1. The minimum atomic E-state index is -4.43. The molecule has 4 nitrogen and oxygen atoms in total. The third-order valence-electron chi connectivity index (χ3n) is 4.46. The number of amides is 1. The maximum atomic E-state index is 13.0. The van der Waals surface area contributed by atoms with Crippen LogP contribution in [0.15, 0.2) is 60.8 Å². The van der Waals surface area contributed by atoms with E-state index < -0.39 is 11.7 Å². The zero-order valence-electron chi connectivity index (χ0n) is 14.2. The normalized spacial score (nSPS) is 14.2. The predicted molar refractivity (Wildman–Crippen MR) is 94.9 cm³/mol. The molecule has 7 heteroatoms. The van der Waals surface area contributed by atoms with Crippen molar-refractivity contribution in [3.05, 3.63) is 77.6 Å². The van der Waals surface area contributed by atoms with Gasteiger partial charge in [-0.15, -0.1) is 0 Å². The smallest absolute Gasteiger partial charge is 0.322 e. The number of para-hydroxylation sites is 1. The van der Waals surface area contributed by atoms with Crippen LogP contribution >= 0.6 is 0 Å². The van der Waals surface area contributed by atoms with Crippen LogP contribution in [0.25, 0.3) is 5.69 Å². The quantitative estimate of drug-likeness (QED) is 0.700. The van der Waals surface area contributed by atoms with E-state index in [4.69, 9.17) is 0 Å². The first-order chi connectivity index (χ1) is 12.9. The second kappa shape index (κ2) is 6.57. The Morgan fingerprint density at radius 3 is 2.48 bits per heavy atom. The average molecular weight is 371 g/mol. The van der Waals surface area contributed by atoms with Gasteiger partial charge in [-0.2, -0.15) is 18.3 Å². The Labute approximate surface area is 153 Å². The lowest BCUT2D eigenvalue weighted by Crippen LogP contribution is -2.14. The maximum Gasteiger partial charge on any atom is 0.416 e. The first-order valence-electron chi connectivity index (χ1n) is 8.55. The van der Waals surface area contributed by atoms with Crippen LogP contribution in [-0.2, 0) is 6.18 Å². The van der Waals surface area contributed by atoms with E-state index in [0.29, 0.717) is 22.6 Å². The number of aromatic nitrogens is 2.